The second-order valence-corrected chi connectivity index (χ2v) is 4.46. The Bertz CT molecular complexity index is 496. The SMILES string of the molecule is COc1cccc(C(=O)/C=C2\NC(=O)CS2)c1. The van der Waals surface area contributed by atoms with Gasteiger partial charge in [-0.3, -0.25) is 9.59 Å². The highest BCUT2D eigenvalue weighted by Crippen LogP contribution is 2.20. The third kappa shape index (κ3) is 2.88. The number of allylic oxidation sites excluding steroid dienone is 1. The Morgan fingerprint density at radius 1 is 1.53 bits per heavy atom. The van der Waals surface area contributed by atoms with E-state index in [1.807, 2.05) is 0 Å². The summed E-state index contributed by atoms with van der Waals surface area (Å²) in [5.41, 5.74) is 0.540. The van der Waals surface area contributed by atoms with Gasteiger partial charge in [-0.05, 0) is 12.1 Å². The summed E-state index contributed by atoms with van der Waals surface area (Å²) in [5.74, 6) is 0.794. The zero-order chi connectivity index (χ0) is 12.3. The van der Waals surface area contributed by atoms with Crippen LogP contribution in [-0.2, 0) is 4.79 Å². The number of benzene rings is 1. The predicted octanol–water partition coefficient (Wildman–Crippen LogP) is 1.58. The topological polar surface area (TPSA) is 55.4 Å². The van der Waals surface area contributed by atoms with Crippen molar-refractivity contribution >= 4 is 23.5 Å². The first-order chi connectivity index (χ1) is 8.19. The van der Waals surface area contributed by atoms with E-state index in [1.54, 1.807) is 31.4 Å². The Hall–Kier alpha value is -1.75. The van der Waals surface area contributed by atoms with E-state index in [9.17, 15) is 9.59 Å². The van der Waals surface area contributed by atoms with E-state index in [2.05, 4.69) is 5.32 Å². The monoisotopic (exact) mass is 249 g/mol. The summed E-state index contributed by atoms with van der Waals surface area (Å²) in [6.45, 7) is 0. The molecule has 0 spiro atoms. The number of hydrogen-bond acceptors (Lipinski definition) is 4. The molecule has 1 N–H and O–H groups in total. The van der Waals surface area contributed by atoms with Crippen LogP contribution in [0.1, 0.15) is 10.4 Å². The molecule has 1 amide bonds. The van der Waals surface area contributed by atoms with Crippen molar-refractivity contribution in [1.29, 1.82) is 0 Å². The minimum atomic E-state index is -0.145. The number of ketones is 1. The number of thioether (sulfide) groups is 1. The Morgan fingerprint density at radius 2 is 2.35 bits per heavy atom. The summed E-state index contributed by atoms with van der Waals surface area (Å²) in [6.07, 6.45) is 1.43. The maximum atomic E-state index is 11.9. The van der Waals surface area contributed by atoms with Crippen LogP contribution >= 0.6 is 11.8 Å². The van der Waals surface area contributed by atoms with Crippen molar-refractivity contribution in [2.24, 2.45) is 0 Å². The number of rotatable bonds is 3. The minimum absolute atomic E-state index is 0.0697. The normalized spacial score (nSPS) is 17.0. The van der Waals surface area contributed by atoms with Gasteiger partial charge in [-0.15, -0.1) is 0 Å². The molecule has 2 rings (SSSR count). The molecule has 1 heterocycles. The number of nitrogens with one attached hydrogen (secondary N) is 1. The molecule has 88 valence electrons. The minimum Gasteiger partial charge on any atom is -0.497 e. The molecule has 1 aromatic rings. The largest absolute Gasteiger partial charge is 0.497 e. The van der Waals surface area contributed by atoms with E-state index in [1.165, 1.54) is 17.8 Å². The van der Waals surface area contributed by atoms with Gasteiger partial charge in [0.25, 0.3) is 0 Å². The average molecular weight is 249 g/mol. The van der Waals surface area contributed by atoms with Crippen LogP contribution in [0.25, 0.3) is 0 Å². The van der Waals surface area contributed by atoms with Gasteiger partial charge in [0, 0.05) is 11.6 Å². The summed E-state index contributed by atoms with van der Waals surface area (Å²) in [4.78, 5) is 22.8. The van der Waals surface area contributed by atoms with Crippen LogP contribution in [0.15, 0.2) is 35.4 Å². The van der Waals surface area contributed by atoms with Gasteiger partial charge in [0.2, 0.25) is 5.91 Å². The van der Waals surface area contributed by atoms with Crippen molar-refractivity contribution in [1.82, 2.24) is 5.32 Å². The highest BCUT2D eigenvalue weighted by Gasteiger charge is 2.16. The van der Waals surface area contributed by atoms with Crippen molar-refractivity contribution in [2.45, 2.75) is 0 Å². The molecule has 17 heavy (non-hydrogen) atoms. The smallest absolute Gasteiger partial charge is 0.235 e. The fourth-order valence-corrected chi connectivity index (χ4v) is 2.14. The molecule has 5 heteroatoms. The summed E-state index contributed by atoms with van der Waals surface area (Å²) in [7, 11) is 1.55. The van der Waals surface area contributed by atoms with Crippen LogP contribution in [-0.4, -0.2) is 24.6 Å². The van der Waals surface area contributed by atoms with Gasteiger partial charge < -0.3 is 10.1 Å². The number of carbonyl (C=O) groups excluding carboxylic acids is 2. The van der Waals surface area contributed by atoms with E-state index in [0.717, 1.165) is 0 Å². The molecule has 1 aliphatic rings. The molecule has 4 nitrogen and oxygen atoms in total. The molecular weight excluding hydrogens is 238 g/mol. The first kappa shape index (κ1) is 11.7. The van der Waals surface area contributed by atoms with Crippen LogP contribution < -0.4 is 10.1 Å². The molecule has 0 atom stereocenters. The third-order valence-electron chi connectivity index (χ3n) is 2.24. The molecule has 1 fully saturated rings. The van der Waals surface area contributed by atoms with Crippen molar-refractivity contribution in [3.8, 4) is 5.75 Å². The maximum Gasteiger partial charge on any atom is 0.235 e. The number of methoxy groups -OCH3 is 1. The molecule has 0 unspecified atom stereocenters. The summed E-state index contributed by atoms with van der Waals surface area (Å²) < 4.78 is 5.04. The number of carbonyl (C=O) groups is 2. The van der Waals surface area contributed by atoms with E-state index in [4.69, 9.17) is 4.74 Å². The predicted molar refractivity (Wildman–Crippen MR) is 66.0 cm³/mol. The molecule has 0 bridgehead atoms. The van der Waals surface area contributed by atoms with Crippen LogP contribution in [0.4, 0.5) is 0 Å². The van der Waals surface area contributed by atoms with Crippen LogP contribution in [0, 0.1) is 0 Å². The van der Waals surface area contributed by atoms with Crippen molar-refractivity contribution in [3.63, 3.8) is 0 Å². The number of hydrogen-bond donors (Lipinski definition) is 1. The first-order valence-electron chi connectivity index (χ1n) is 5.02. The van der Waals surface area contributed by atoms with E-state index >= 15 is 0 Å². The molecule has 1 aromatic carbocycles. The molecule has 1 aliphatic heterocycles. The molecule has 0 radical (unpaired) electrons. The van der Waals surface area contributed by atoms with Gasteiger partial charge in [-0.1, -0.05) is 23.9 Å². The lowest BCUT2D eigenvalue weighted by molar-refractivity contribution is -0.117. The zero-order valence-electron chi connectivity index (χ0n) is 9.23. The first-order valence-corrected chi connectivity index (χ1v) is 6.00. The lowest BCUT2D eigenvalue weighted by Crippen LogP contribution is -2.14. The van der Waals surface area contributed by atoms with E-state index in [0.29, 0.717) is 22.1 Å². The van der Waals surface area contributed by atoms with Gasteiger partial charge in [0.1, 0.15) is 5.75 Å². The Kier molecular flexibility index (Phi) is 3.49. The van der Waals surface area contributed by atoms with Crippen molar-refractivity contribution in [3.05, 3.63) is 40.9 Å². The van der Waals surface area contributed by atoms with E-state index in [-0.39, 0.29) is 11.7 Å². The van der Waals surface area contributed by atoms with Crippen LogP contribution in [0.5, 0.6) is 5.75 Å². The van der Waals surface area contributed by atoms with Crippen LogP contribution in [0.2, 0.25) is 0 Å². The summed E-state index contributed by atoms with van der Waals surface area (Å²) in [6, 6.07) is 6.91. The zero-order valence-corrected chi connectivity index (χ0v) is 10.0. The fraction of sp³-hybridized carbons (Fsp3) is 0.167. The highest BCUT2D eigenvalue weighted by atomic mass is 32.2. The van der Waals surface area contributed by atoms with Gasteiger partial charge in [-0.25, -0.2) is 0 Å². The van der Waals surface area contributed by atoms with E-state index < -0.39 is 0 Å². The lowest BCUT2D eigenvalue weighted by Gasteiger charge is -2.01. The van der Waals surface area contributed by atoms with Gasteiger partial charge in [0.15, 0.2) is 5.78 Å². The molecule has 0 aliphatic carbocycles. The van der Waals surface area contributed by atoms with Gasteiger partial charge in [-0.2, -0.15) is 0 Å². The van der Waals surface area contributed by atoms with Crippen molar-refractivity contribution in [2.75, 3.05) is 12.9 Å². The molecule has 1 saturated heterocycles. The van der Waals surface area contributed by atoms with Gasteiger partial charge in [0.05, 0.1) is 17.9 Å². The van der Waals surface area contributed by atoms with Crippen molar-refractivity contribution < 1.29 is 14.3 Å². The quantitative estimate of drug-likeness (QED) is 0.652. The second-order valence-electron chi connectivity index (χ2n) is 3.44. The Labute approximate surface area is 103 Å². The van der Waals surface area contributed by atoms with Crippen LogP contribution in [0.3, 0.4) is 0 Å². The summed E-state index contributed by atoms with van der Waals surface area (Å²) >= 11 is 1.33. The lowest BCUT2D eigenvalue weighted by atomic mass is 10.1. The highest BCUT2D eigenvalue weighted by molar-refractivity contribution is 8.04. The van der Waals surface area contributed by atoms with Gasteiger partial charge >= 0.3 is 0 Å². The summed E-state index contributed by atoms with van der Waals surface area (Å²) in [5, 5.41) is 3.22. The molecule has 0 aromatic heterocycles. The molecular formula is C12H11NO3S. The third-order valence-corrected chi connectivity index (χ3v) is 3.18. The average Bonchev–Trinajstić information content (AvgIpc) is 2.75. The fourth-order valence-electron chi connectivity index (χ4n) is 1.41. The Morgan fingerprint density at radius 3 is 3.00 bits per heavy atom. The maximum absolute atomic E-state index is 11.9. The number of amides is 1. The molecule has 0 saturated carbocycles. The standard InChI is InChI=1S/C12H11NO3S/c1-16-9-4-2-3-8(5-9)10(14)6-12-13-11(15)7-17-12/h2-6H,7H2,1H3,(H,13,15)/b12-6+. The second kappa shape index (κ2) is 5.05. The Balaban J connectivity index is 2.17. The number of ether oxygens (including phenoxy) is 1.